The van der Waals surface area contributed by atoms with Crippen molar-refractivity contribution in [1.29, 1.82) is 0 Å². The zero-order valence-corrected chi connectivity index (χ0v) is 20.9. The van der Waals surface area contributed by atoms with E-state index in [1.165, 1.54) is 57.4 Å². The molecular weight excluding hydrogens is 418 g/mol. The molecule has 3 rings (SSSR count). The average Bonchev–Trinajstić information content (AvgIpc) is 2.84. The van der Waals surface area contributed by atoms with E-state index >= 15 is 0 Å². The molecule has 2 fully saturated rings. The van der Waals surface area contributed by atoms with Gasteiger partial charge in [-0.25, -0.2) is 4.39 Å². The molecule has 2 saturated carbocycles. The van der Waals surface area contributed by atoms with Crippen molar-refractivity contribution in [3.63, 3.8) is 0 Å². The summed E-state index contributed by atoms with van der Waals surface area (Å²) in [6.45, 7) is 4.34. The van der Waals surface area contributed by atoms with Crippen molar-refractivity contribution in [2.75, 3.05) is 0 Å². The standard InChI is InChI=1S/C29H44F2O2/c1-3-5-7-9-21-11-13-22(14-12-21)23-15-17-25(18-16-23)29(32)33-26-20-19-24(10-8-6-4-2)27(30)28(26)31/h19-23,25H,3-18H2,1-2H3/t21-,22-,23-,25-. The van der Waals surface area contributed by atoms with E-state index in [1.807, 2.05) is 0 Å². The van der Waals surface area contributed by atoms with Crippen LogP contribution in [0.5, 0.6) is 5.75 Å². The van der Waals surface area contributed by atoms with Crippen molar-refractivity contribution >= 4 is 5.97 Å². The Hall–Kier alpha value is -1.45. The number of halogens is 2. The van der Waals surface area contributed by atoms with Crippen LogP contribution in [0.15, 0.2) is 12.1 Å². The van der Waals surface area contributed by atoms with E-state index in [4.69, 9.17) is 4.74 Å². The molecule has 4 heteroatoms. The molecule has 0 radical (unpaired) electrons. The highest BCUT2D eigenvalue weighted by Crippen LogP contribution is 2.42. The van der Waals surface area contributed by atoms with Gasteiger partial charge in [0, 0.05) is 0 Å². The molecule has 0 aliphatic heterocycles. The smallest absolute Gasteiger partial charge is 0.314 e. The molecule has 0 saturated heterocycles. The second-order valence-corrected chi connectivity index (χ2v) is 10.6. The van der Waals surface area contributed by atoms with Crippen LogP contribution in [0.2, 0.25) is 0 Å². The summed E-state index contributed by atoms with van der Waals surface area (Å²) >= 11 is 0. The van der Waals surface area contributed by atoms with Crippen LogP contribution in [0, 0.1) is 35.3 Å². The van der Waals surface area contributed by atoms with E-state index in [0.29, 0.717) is 17.9 Å². The summed E-state index contributed by atoms with van der Waals surface area (Å²) in [5.74, 6) is -0.318. The average molecular weight is 463 g/mol. The Labute approximate surface area is 199 Å². The molecule has 0 amide bonds. The number of carbonyl (C=O) groups excluding carboxylic acids is 1. The molecule has 0 atom stereocenters. The minimum Gasteiger partial charge on any atom is -0.423 e. The van der Waals surface area contributed by atoms with Gasteiger partial charge in [0.15, 0.2) is 11.6 Å². The fourth-order valence-corrected chi connectivity index (χ4v) is 6.06. The third kappa shape index (κ3) is 7.52. The molecule has 0 aromatic heterocycles. The quantitative estimate of drug-likeness (QED) is 0.187. The van der Waals surface area contributed by atoms with Gasteiger partial charge in [-0.2, -0.15) is 4.39 Å². The van der Waals surface area contributed by atoms with E-state index in [2.05, 4.69) is 13.8 Å². The van der Waals surface area contributed by atoms with Crippen molar-refractivity contribution in [3.8, 4) is 5.75 Å². The zero-order chi connectivity index (χ0) is 23.6. The first-order chi connectivity index (χ1) is 16.0. The van der Waals surface area contributed by atoms with Crippen molar-refractivity contribution < 1.29 is 18.3 Å². The van der Waals surface area contributed by atoms with Gasteiger partial charge in [-0.05, 0) is 80.8 Å². The Morgan fingerprint density at radius 1 is 0.818 bits per heavy atom. The van der Waals surface area contributed by atoms with Crippen molar-refractivity contribution in [3.05, 3.63) is 29.3 Å². The molecule has 186 valence electrons. The molecule has 2 aliphatic carbocycles. The molecular formula is C29H44F2O2. The lowest BCUT2D eigenvalue weighted by Gasteiger charge is -2.37. The third-order valence-corrected chi connectivity index (χ3v) is 8.27. The lowest BCUT2D eigenvalue weighted by molar-refractivity contribution is -0.140. The van der Waals surface area contributed by atoms with E-state index in [9.17, 15) is 13.6 Å². The number of hydrogen-bond acceptors (Lipinski definition) is 2. The van der Waals surface area contributed by atoms with Gasteiger partial charge < -0.3 is 4.74 Å². The lowest BCUT2D eigenvalue weighted by atomic mass is 9.68. The fraction of sp³-hybridized carbons (Fsp3) is 0.759. The minimum absolute atomic E-state index is 0.196. The van der Waals surface area contributed by atoms with Crippen molar-refractivity contribution in [2.24, 2.45) is 23.7 Å². The first-order valence-corrected chi connectivity index (χ1v) is 13.7. The van der Waals surface area contributed by atoms with Gasteiger partial charge in [-0.15, -0.1) is 0 Å². The van der Waals surface area contributed by atoms with E-state index < -0.39 is 17.6 Å². The van der Waals surface area contributed by atoms with Crippen LogP contribution < -0.4 is 4.74 Å². The van der Waals surface area contributed by atoms with E-state index in [0.717, 1.165) is 56.8 Å². The van der Waals surface area contributed by atoms with Gasteiger partial charge in [0.05, 0.1) is 5.92 Å². The van der Waals surface area contributed by atoms with Gasteiger partial charge >= 0.3 is 5.97 Å². The van der Waals surface area contributed by atoms with Gasteiger partial charge in [0.1, 0.15) is 0 Å². The van der Waals surface area contributed by atoms with Gasteiger partial charge in [0.2, 0.25) is 5.82 Å². The molecule has 0 heterocycles. The first-order valence-electron chi connectivity index (χ1n) is 13.7. The summed E-state index contributed by atoms with van der Waals surface area (Å²) in [5.41, 5.74) is 0.362. The summed E-state index contributed by atoms with van der Waals surface area (Å²) in [5, 5.41) is 0. The maximum atomic E-state index is 14.5. The van der Waals surface area contributed by atoms with Crippen LogP contribution in [0.1, 0.15) is 116 Å². The van der Waals surface area contributed by atoms with E-state index in [-0.39, 0.29) is 11.7 Å². The Balaban J connectivity index is 1.43. The summed E-state index contributed by atoms with van der Waals surface area (Å²) in [6, 6.07) is 2.98. The van der Waals surface area contributed by atoms with Gasteiger partial charge in [0.25, 0.3) is 0 Å². The third-order valence-electron chi connectivity index (χ3n) is 8.27. The predicted octanol–water partition coefficient (Wildman–Crippen LogP) is 8.80. The van der Waals surface area contributed by atoms with Crippen LogP contribution in [-0.2, 0) is 11.2 Å². The second-order valence-electron chi connectivity index (χ2n) is 10.6. The summed E-state index contributed by atoms with van der Waals surface area (Å²) in [4.78, 5) is 12.7. The highest BCUT2D eigenvalue weighted by atomic mass is 19.2. The topological polar surface area (TPSA) is 26.3 Å². The van der Waals surface area contributed by atoms with Crippen LogP contribution >= 0.6 is 0 Å². The Kier molecular flexibility index (Phi) is 10.7. The number of esters is 1. The summed E-state index contributed by atoms with van der Waals surface area (Å²) in [7, 11) is 0. The van der Waals surface area contributed by atoms with Crippen LogP contribution in [-0.4, -0.2) is 5.97 Å². The number of rotatable bonds is 11. The highest BCUT2D eigenvalue weighted by molar-refractivity contribution is 5.75. The normalized spacial score (nSPS) is 25.7. The number of unbranched alkanes of at least 4 members (excludes halogenated alkanes) is 4. The molecule has 33 heavy (non-hydrogen) atoms. The molecule has 1 aromatic carbocycles. The second kappa shape index (κ2) is 13.4. The monoisotopic (exact) mass is 462 g/mol. The van der Waals surface area contributed by atoms with Crippen molar-refractivity contribution in [1.82, 2.24) is 0 Å². The van der Waals surface area contributed by atoms with Gasteiger partial charge in [-0.1, -0.05) is 71.3 Å². The maximum Gasteiger partial charge on any atom is 0.314 e. The van der Waals surface area contributed by atoms with Crippen LogP contribution in [0.4, 0.5) is 8.78 Å². The lowest BCUT2D eigenvalue weighted by Crippen LogP contribution is -2.30. The molecule has 0 unspecified atom stereocenters. The molecule has 0 bridgehead atoms. The molecule has 0 N–H and O–H groups in total. The molecule has 2 aliphatic rings. The van der Waals surface area contributed by atoms with Crippen LogP contribution in [0.3, 0.4) is 0 Å². The molecule has 0 spiro atoms. The summed E-state index contributed by atoms with van der Waals surface area (Å²) in [6.07, 6.45) is 17.9. The summed E-state index contributed by atoms with van der Waals surface area (Å²) < 4.78 is 34.2. The Morgan fingerprint density at radius 2 is 1.42 bits per heavy atom. The molecule has 2 nitrogen and oxygen atoms in total. The Morgan fingerprint density at radius 3 is 2.06 bits per heavy atom. The zero-order valence-electron chi connectivity index (χ0n) is 20.9. The van der Waals surface area contributed by atoms with Crippen molar-refractivity contribution in [2.45, 2.75) is 117 Å². The van der Waals surface area contributed by atoms with Gasteiger partial charge in [-0.3, -0.25) is 4.79 Å². The number of hydrogen-bond donors (Lipinski definition) is 0. The SMILES string of the molecule is CCCCCc1ccc(OC(=O)[C@H]2CC[C@H]([C@H]3CC[C@H](CCCCC)CC3)CC2)c(F)c1F. The Bertz CT molecular complexity index is 731. The number of ether oxygens (including phenoxy) is 1. The number of carbonyl (C=O) groups is 1. The van der Waals surface area contributed by atoms with E-state index in [1.54, 1.807) is 6.07 Å². The highest BCUT2D eigenvalue weighted by Gasteiger charge is 2.34. The molecule has 1 aromatic rings. The largest absolute Gasteiger partial charge is 0.423 e. The number of benzene rings is 1. The van der Waals surface area contributed by atoms with Crippen LogP contribution in [0.25, 0.3) is 0 Å². The fourth-order valence-electron chi connectivity index (χ4n) is 6.06. The minimum atomic E-state index is -1.03. The maximum absolute atomic E-state index is 14.5. The first kappa shape index (κ1) is 26.2. The predicted molar refractivity (Wildman–Crippen MR) is 130 cm³/mol. The number of aryl methyl sites for hydroxylation is 1.